The van der Waals surface area contributed by atoms with Gasteiger partial charge in [-0.1, -0.05) is 30.3 Å². The third kappa shape index (κ3) is 3.19. The molecule has 6 nitrogen and oxygen atoms in total. The van der Waals surface area contributed by atoms with Gasteiger partial charge in [0.05, 0.1) is 20.6 Å². The lowest BCUT2D eigenvalue weighted by Crippen LogP contribution is -2.40. The Bertz CT molecular complexity index is 1280. The quantitative estimate of drug-likeness (QED) is 0.503. The summed E-state index contributed by atoms with van der Waals surface area (Å²) in [6.07, 6.45) is 1.95. The van der Waals surface area contributed by atoms with Crippen molar-refractivity contribution in [2.75, 3.05) is 13.1 Å². The van der Waals surface area contributed by atoms with E-state index in [1.165, 1.54) is 9.38 Å². The number of nitrogens with zero attached hydrogens (tertiary/aromatic N) is 4. The molecular formula is C23H22N4O2S. The molecule has 1 fully saturated rings. The zero-order chi connectivity index (χ0) is 20.7. The average Bonchev–Trinajstić information content (AvgIpc) is 3.24. The summed E-state index contributed by atoms with van der Waals surface area (Å²) in [5.74, 6) is 0.114. The van der Waals surface area contributed by atoms with E-state index < -0.39 is 0 Å². The molecule has 1 aliphatic rings. The number of carbonyl (C=O) groups excluding carboxylic acids is 1. The largest absolute Gasteiger partial charge is 0.337 e. The Morgan fingerprint density at radius 2 is 1.90 bits per heavy atom. The van der Waals surface area contributed by atoms with Crippen molar-refractivity contribution in [1.82, 2.24) is 19.7 Å². The second-order valence-electron chi connectivity index (χ2n) is 7.63. The topological polar surface area (TPSA) is 68.1 Å². The molecule has 2 aromatic heterocycles. The molecule has 0 spiro atoms. The van der Waals surface area contributed by atoms with Crippen LogP contribution in [0.1, 0.15) is 41.2 Å². The number of aryl methyl sites for hydroxylation is 1. The van der Waals surface area contributed by atoms with Gasteiger partial charge in [0.1, 0.15) is 0 Å². The van der Waals surface area contributed by atoms with Gasteiger partial charge in [-0.15, -0.1) is 11.3 Å². The van der Waals surface area contributed by atoms with E-state index in [1.807, 2.05) is 48.2 Å². The zero-order valence-electron chi connectivity index (χ0n) is 16.7. The predicted molar refractivity (Wildman–Crippen MR) is 119 cm³/mol. The van der Waals surface area contributed by atoms with Crippen LogP contribution in [0.25, 0.3) is 21.0 Å². The van der Waals surface area contributed by atoms with Gasteiger partial charge < -0.3 is 4.90 Å². The Labute approximate surface area is 177 Å². The summed E-state index contributed by atoms with van der Waals surface area (Å²) in [6, 6.07) is 15.4. The number of benzene rings is 2. The number of piperidine rings is 1. The van der Waals surface area contributed by atoms with Crippen LogP contribution in [-0.2, 0) is 6.54 Å². The number of para-hydroxylation sites is 1. The van der Waals surface area contributed by atoms with Crippen LogP contribution in [0.5, 0.6) is 0 Å². The second kappa shape index (κ2) is 7.65. The maximum Gasteiger partial charge on any atom is 0.274 e. The van der Waals surface area contributed by atoms with Crippen molar-refractivity contribution in [1.29, 1.82) is 0 Å². The first-order valence-electron chi connectivity index (χ1n) is 10.3. The zero-order valence-corrected chi connectivity index (χ0v) is 17.6. The van der Waals surface area contributed by atoms with E-state index in [1.54, 1.807) is 17.4 Å². The number of hydrogen-bond donors (Lipinski definition) is 0. The van der Waals surface area contributed by atoms with Crippen molar-refractivity contribution in [2.45, 2.75) is 32.2 Å². The highest BCUT2D eigenvalue weighted by atomic mass is 32.1. The molecule has 152 valence electrons. The Balaban J connectivity index is 1.49. The number of fused-ring (bicyclic) bond motifs is 2. The first-order chi connectivity index (χ1) is 14.7. The number of hydrogen-bond acceptors (Lipinski definition) is 5. The molecule has 30 heavy (non-hydrogen) atoms. The van der Waals surface area contributed by atoms with Crippen molar-refractivity contribution < 1.29 is 4.79 Å². The molecule has 5 rings (SSSR count). The first-order valence-corrected chi connectivity index (χ1v) is 11.1. The number of aromatic nitrogens is 3. The lowest BCUT2D eigenvalue weighted by Gasteiger charge is -2.31. The van der Waals surface area contributed by atoms with Gasteiger partial charge in [0.2, 0.25) is 0 Å². The number of likely N-dealkylation sites (tertiary alicyclic amines) is 1. The van der Waals surface area contributed by atoms with Crippen molar-refractivity contribution in [3.05, 3.63) is 69.6 Å². The van der Waals surface area contributed by atoms with E-state index in [9.17, 15) is 9.59 Å². The van der Waals surface area contributed by atoms with Crippen LogP contribution >= 0.6 is 11.3 Å². The minimum absolute atomic E-state index is 0.112. The molecule has 0 saturated carbocycles. The second-order valence-corrected chi connectivity index (χ2v) is 8.69. The summed E-state index contributed by atoms with van der Waals surface area (Å²) in [5.41, 5.74) is 1.22. The fourth-order valence-electron chi connectivity index (χ4n) is 4.19. The highest BCUT2D eigenvalue weighted by molar-refractivity contribution is 7.18. The molecule has 4 aromatic rings. The van der Waals surface area contributed by atoms with E-state index in [2.05, 4.69) is 11.2 Å². The highest BCUT2D eigenvalue weighted by Gasteiger charge is 2.29. The monoisotopic (exact) mass is 418 g/mol. The third-order valence-electron chi connectivity index (χ3n) is 5.74. The molecule has 0 aliphatic carbocycles. The van der Waals surface area contributed by atoms with Gasteiger partial charge in [0.15, 0.2) is 5.69 Å². The van der Waals surface area contributed by atoms with Crippen LogP contribution in [0, 0.1) is 0 Å². The maximum absolute atomic E-state index is 13.5. The van der Waals surface area contributed by atoms with Gasteiger partial charge in [-0.05, 0) is 38.0 Å². The summed E-state index contributed by atoms with van der Waals surface area (Å²) >= 11 is 1.71. The van der Waals surface area contributed by atoms with Crippen molar-refractivity contribution in [3.63, 3.8) is 0 Å². The van der Waals surface area contributed by atoms with Crippen molar-refractivity contribution in [3.8, 4) is 0 Å². The van der Waals surface area contributed by atoms with E-state index >= 15 is 0 Å². The van der Waals surface area contributed by atoms with Crippen LogP contribution in [0.2, 0.25) is 0 Å². The fraction of sp³-hybridized carbons (Fsp3) is 0.304. The summed E-state index contributed by atoms with van der Waals surface area (Å²) in [4.78, 5) is 32.8. The number of rotatable bonds is 3. The molecule has 1 aliphatic heterocycles. The first kappa shape index (κ1) is 18.9. The number of thiazole rings is 1. The Morgan fingerprint density at radius 1 is 1.13 bits per heavy atom. The standard InChI is InChI=1S/C23H22N4O2S/c1-2-27-22(28)17-10-4-3-9-16(17)20(25-27)23(29)26-13-7-8-15(14-26)21-24-18-11-5-6-12-19(18)30-21/h3-6,9-12,15H,2,7-8,13-14H2,1H3/t15-/m1/s1. The van der Waals surface area contributed by atoms with Gasteiger partial charge in [-0.25, -0.2) is 9.67 Å². The molecule has 7 heteroatoms. The van der Waals surface area contributed by atoms with Crippen molar-refractivity contribution in [2.24, 2.45) is 0 Å². The smallest absolute Gasteiger partial charge is 0.274 e. The van der Waals surface area contributed by atoms with Crippen LogP contribution in [0.15, 0.2) is 53.3 Å². The van der Waals surface area contributed by atoms with Crippen LogP contribution in [0.3, 0.4) is 0 Å². The minimum atomic E-state index is -0.157. The van der Waals surface area contributed by atoms with Gasteiger partial charge >= 0.3 is 0 Å². The molecule has 0 N–H and O–H groups in total. The Hall–Kier alpha value is -3.06. The van der Waals surface area contributed by atoms with Gasteiger partial charge in [-0.3, -0.25) is 9.59 Å². The van der Waals surface area contributed by atoms with Crippen LogP contribution in [0.4, 0.5) is 0 Å². The summed E-state index contributed by atoms with van der Waals surface area (Å²) in [7, 11) is 0. The molecule has 3 heterocycles. The summed E-state index contributed by atoms with van der Waals surface area (Å²) in [6.45, 7) is 3.61. The molecule has 1 atom stereocenters. The van der Waals surface area contributed by atoms with Gasteiger partial charge in [0.25, 0.3) is 11.5 Å². The molecule has 1 amide bonds. The molecule has 0 unspecified atom stereocenters. The van der Waals surface area contributed by atoms with Crippen molar-refractivity contribution >= 4 is 38.2 Å². The normalized spacial score (nSPS) is 17.0. The Kier molecular flexibility index (Phi) is 4.83. The number of carbonyl (C=O) groups is 1. The van der Waals surface area contributed by atoms with Crippen LogP contribution < -0.4 is 5.56 Å². The highest BCUT2D eigenvalue weighted by Crippen LogP contribution is 2.33. The van der Waals surface area contributed by atoms with Gasteiger partial charge in [-0.2, -0.15) is 5.10 Å². The Morgan fingerprint density at radius 3 is 2.70 bits per heavy atom. The lowest BCUT2D eigenvalue weighted by molar-refractivity contribution is 0.0700. The molecular weight excluding hydrogens is 396 g/mol. The van der Waals surface area contributed by atoms with E-state index in [0.29, 0.717) is 36.1 Å². The van der Waals surface area contributed by atoms with Gasteiger partial charge in [0, 0.05) is 30.9 Å². The predicted octanol–water partition coefficient (Wildman–Crippen LogP) is 4.05. The molecule has 1 saturated heterocycles. The maximum atomic E-state index is 13.5. The van der Waals surface area contributed by atoms with E-state index in [-0.39, 0.29) is 17.4 Å². The molecule has 0 radical (unpaired) electrons. The SMILES string of the molecule is CCn1nc(C(=O)N2CCC[C@@H](c3nc4ccccc4s3)C2)c2ccccc2c1=O. The average molecular weight is 419 g/mol. The third-order valence-corrected chi connectivity index (χ3v) is 6.94. The minimum Gasteiger partial charge on any atom is -0.337 e. The number of amides is 1. The van der Waals surface area contributed by atoms with E-state index in [4.69, 9.17) is 4.98 Å². The fourth-order valence-corrected chi connectivity index (χ4v) is 5.28. The van der Waals surface area contributed by atoms with Crippen LogP contribution in [-0.4, -0.2) is 38.7 Å². The molecule has 2 aromatic carbocycles. The lowest BCUT2D eigenvalue weighted by atomic mass is 9.98. The summed E-state index contributed by atoms with van der Waals surface area (Å²) < 4.78 is 2.56. The van der Waals surface area contributed by atoms with E-state index in [0.717, 1.165) is 23.4 Å². The molecule has 0 bridgehead atoms. The summed E-state index contributed by atoms with van der Waals surface area (Å²) in [5, 5.41) is 6.68.